The largest absolute Gasteiger partial charge is 0.506 e. The Morgan fingerprint density at radius 3 is 2.79 bits per heavy atom. The van der Waals surface area contributed by atoms with Gasteiger partial charge in [-0.15, -0.1) is 0 Å². The van der Waals surface area contributed by atoms with Crippen molar-refractivity contribution in [2.24, 2.45) is 0 Å². The van der Waals surface area contributed by atoms with Gasteiger partial charge < -0.3 is 10.0 Å². The van der Waals surface area contributed by atoms with E-state index in [-0.39, 0.29) is 5.75 Å². The average Bonchev–Trinajstić information content (AvgIpc) is 2.38. The third kappa shape index (κ3) is 1.62. The van der Waals surface area contributed by atoms with Gasteiger partial charge in [-0.3, -0.25) is 4.98 Å². The highest BCUT2D eigenvalue weighted by Crippen LogP contribution is 2.46. The maximum absolute atomic E-state index is 9.83. The molecule has 0 atom stereocenters. The van der Waals surface area contributed by atoms with Gasteiger partial charge in [-0.25, -0.2) is 0 Å². The van der Waals surface area contributed by atoms with Crippen molar-refractivity contribution < 1.29 is 5.11 Å². The van der Waals surface area contributed by atoms with E-state index < -0.39 is 0 Å². The van der Waals surface area contributed by atoms with Gasteiger partial charge >= 0.3 is 0 Å². The Morgan fingerprint density at radius 2 is 2.05 bits per heavy atom. The van der Waals surface area contributed by atoms with Gasteiger partial charge in [-0.05, 0) is 30.7 Å². The standard InChI is InChI=1S/C15H13ClN2O/c1-8-15-9(2)18(3)13-7-12(16)14(19)6-11(13)10(15)4-5-17-8/h4-7,19H,2H2,1,3H3. The van der Waals surface area contributed by atoms with Crippen LogP contribution in [0.3, 0.4) is 0 Å². The first-order valence-electron chi connectivity index (χ1n) is 5.92. The maximum atomic E-state index is 9.83. The summed E-state index contributed by atoms with van der Waals surface area (Å²) in [6, 6.07) is 5.39. The summed E-state index contributed by atoms with van der Waals surface area (Å²) < 4.78 is 0. The van der Waals surface area contributed by atoms with Gasteiger partial charge in [0.05, 0.1) is 10.7 Å². The van der Waals surface area contributed by atoms with Gasteiger partial charge in [0.25, 0.3) is 0 Å². The Morgan fingerprint density at radius 1 is 1.32 bits per heavy atom. The Labute approximate surface area is 116 Å². The number of hydrogen-bond donors (Lipinski definition) is 1. The van der Waals surface area contributed by atoms with Crippen LogP contribution >= 0.6 is 11.6 Å². The molecule has 1 aliphatic rings. The molecule has 0 bridgehead atoms. The zero-order valence-electron chi connectivity index (χ0n) is 10.7. The number of pyridine rings is 1. The van der Waals surface area contributed by atoms with E-state index in [4.69, 9.17) is 11.6 Å². The van der Waals surface area contributed by atoms with Crippen molar-refractivity contribution >= 4 is 23.0 Å². The number of phenolic OH excluding ortho intramolecular Hbond substituents is 1. The zero-order valence-corrected chi connectivity index (χ0v) is 11.5. The molecule has 1 aromatic heterocycles. The topological polar surface area (TPSA) is 36.4 Å². The van der Waals surface area contributed by atoms with Crippen LogP contribution in [-0.4, -0.2) is 17.1 Å². The van der Waals surface area contributed by atoms with Crippen LogP contribution in [0.25, 0.3) is 16.8 Å². The second-order valence-corrected chi connectivity index (χ2v) is 5.05. The molecule has 1 N–H and O–H groups in total. The highest BCUT2D eigenvalue weighted by molar-refractivity contribution is 6.32. The van der Waals surface area contributed by atoms with E-state index in [1.165, 1.54) is 0 Å². The number of aromatic hydroxyl groups is 1. The van der Waals surface area contributed by atoms with Gasteiger partial charge in [0.15, 0.2) is 0 Å². The molecule has 0 amide bonds. The number of anilines is 1. The zero-order chi connectivity index (χ0) is 13.7. The summed E-state index contributed by atoms with van der Waals surface area (Å²) in [4.78, 5) is 6.28. The first-order valence-corrected chi connectivity index (χ1v) is 6.30. The summed E-state index contributed by atoms with van der Waals surface area (Å²) in [5, 5.41) is 10.2. The smallest absolute Gasteiger partial charge is 0.134 e. The molecule has 1 aromatic carbocycles. The van der Waals surface area contributed by atoms with Crippen LogP contribution in [0.1, 0.15) is 11.3 Å². The SMILES string of the molecule is C=C1c2c(ccnc2C)-c2cc(O)c(Cl)cc2N1C. The van der Waals surface area contributed by atoms with Crippen LogP contribution in [-0.2, 0) is 0 Å². The van der Waals surface area contributed by atoms with Crippen LogP contribution in [0.15, 0.2) is 31.0 Å². The predicted molar refractivity (Wildman–Crippen MR) is 78.5 cm³/mol. The number of aryl methyl sites for hydroxylation is 1. The van der Waals surface area contributed by atoms with Crippen molar-refractivity contribution in [3.63, 3.8) is 0 Å². The number of fused-ring (bicyclic) bond motifs is 3. The molecule has 1 aliphatic heterocycles. The number of halogens is 1. The Balaban J connectivity index is 2.40. The fourth-order valence-corrected chi connectivity index (χ4v) is 2.67. The molecule has 0 saturated carbocycles. The molecule has 4 heteroatoms. The van der Waals surface area contributed by atoms with Crippen molar-refractivity contribution in [3.05, 3.63) is 47.3 Å². The Bertz CT molecular complexity index is 710. The van der Waals surface area contributed by atoms with E-state index in [1.54, 1.807) is 18.3 Å². The van der Waals surface area contributed by atoms with Crippen molar-refractivity contribution in [2.75, 3.05) is 11.9 Å². The van der Waals surface area contributed by atoms with E-state index in [1.807, 2.05) is 24.9 Å². The van der Waals surface area contributed by atoms with E-state index in [9.17, 15) is 5.11 Å². The number of nitrogens with zero attached hydrogens (tertiary/aromatic N) is 2. The van der Waals surface area contributed by atoms with Gasteiger partial charge in [-0.1, -0.05) is 18.2 Å². The molecule has 0 fully saturated rings. The fourth-order valence-electron chi connectivity index (χ4n) is 2.51. The number of phenols is 1. The highest BCUT2D eigenvalue weighted by atomic mass is 35.5. The molecule has 3 rings (SSSR count). The summed E-state index contributed by atoms with van der Waals surface area (Å²) in [6.07, 6.45) is 1.77. The molecule has 2 heterocycles. The minimum Gasteiger partial charge on any atom is -0.506 e. The second kappa shape index (κ2) is 4.00. The second-order valence-electron chi connectivity index (χ2n) is 4.65. The molecule has 0 radical (unpaired) electrons. The third-order valence-electron chi connectivity index (χ3n) is 3.55. The minimum atomic E-state index is 0.0849. The van der Waals surface area contributed by atoms with Crippen molar-refractivity contribution in [2.45, 2.75) is 6.92 Å². The lowest BCUT2D eigenvalue weighted by Gasteiger charge is -2.32. The van der Waals surface area contributed by atoms with E-state index in [2.05, 4.69) is 11.6 Å². The normalized spacial score (nSPS) is 13.2. The van der Waals surface area contributed by atoms with Crippen LogP contribution in [0.2, 0.25) is 5.02 Å². The molecular formula is C15H13ClN2O. The van der Waals surface area contributed by atoms with Crippen molar-refractivity contribution in [1.82, 2.24) is 4.98 Å². The molecule has 2 aromatic rings. The summed E-state index contributed by atoms with van der Waals surface area (Å²) in [7, 11) is 1.93. The maximum Gasteiger partial charge on any atom is 0.134 e. The molecule has 0 aliphatic carbocycles. The quantitative estimate of drug-likeness (QED) is 0.792. The van der Waals surface area contributed by atoms with Gasteiger partial charge in [0.2, 0.25) is 0 Å². The molecular weight excluding hydrogens is 260 g/mol. The molecule has 19 heavy (non-hydrogen) atoms. The highest BCUT2D eigenvalue weighted by Gasteiger charge is 2.25. The first-order chi connectivity index (χ1) is 9.00. The number of rotatable bonds is 0. The van der Waals surface area contributed by atoms with Crippen LogP contribution < -0.4 is 4.90 Å². The Kier molecular flexibility index (Phi) is 2.54. The summed E-state index contributed by atoms with van der Waals surface area (Å²) in [5.41, 5.74) is 5.73. The number of hydrogen-bond acceptors (Lipinski definition) is 3. The molecule has 96 valence electrons. The molecule has 0 saturated heterocycles. The van der Waals surface area contributed by atoms with E-state index in [0.717, 1.165) is 33.8 Å². The van der Waals surface area contributed by atoms with Crippen LogP contribution in [0.5, 0.6) is 5.75 Å². The van der Waals surface area contributed by atoms with Gasteiger partial charge in [-0.2, -0.15) is 0 Å². The third-order valence-corrected chi connectivity index (χ3v) is 3.85. The summed E-state index contributed by atoms with van der Waals surface area (Å²) >= 11 is 6.00. The molecule has 0 spiro atoms. The van der Waals surface area contributed by atoms with Crippen LogP contribution in [0, 0.1) is 6.92 Å². The van der Waals surface area contributed by atoms with Crippen molar-refractivity contribution in [3.8, 4) is 16.9 Å². The minimum absolute atomic E-state index is 0.0849. The lowest BCUT2D eigenvalue weighted by molar-refractivity contribution is 0.476. The summed E-state index contributed by atoms with van der Waals surface area (Å²) in [6.45, 7) is 6.09. The van der Waals surface area contributed by atoms with Gasteiger partial charge in [0, 0.05) is 35.8 Å². The predicted octanol–water partition coefficient (Wildman–Crippen LogP) is 3.84. The van der Waals surface area contributed by atoms with E-state index in [0.29, 0.717) is 5.02 Å². The fraction of sp³-hybridized carbons (Fsp3) is 0.133. The molecule has 0 unspecified atom stereocenters. The van der Waals surface area contributed by atoms with Crippen molar-refractivity contribution in [1.29, 1.82) is 0 Å². The number of aromatic nitrogens is 1. The average molecular weight is 273 g/mol. The van der Waals surface area contributed by atoms with Gasteiger partial charge in [0.1, 0.15) is 5.75 Å². The lowest BCUT2D eigenvalue weighted by atomic mass is 9.91. The number of benzene rings is 1. The first kappa shape index (κ1) is 12.1. The monoisotopic (exact) mass is 272 g/mol. The molecule has 3 nitrogen and oxygen atoms in total. The van der Waals surface area contributed by atoms with Crippen LogP contribution in [0.4, 0.5) is 5.69 Å². The lowest BCUT2D eigenvalue weighted by Crippen LogP contribution is -2.21. The Hall–Kier alpha value is -2.00. The van der Waals surface area contributed by atoms with E-state index >= 15 is 0 Å². The summed E-state index contributed by atoms with van der Waals surface area (Å²) in [5.74, 6) is 0.0849.